The molecule has 96 valence electrons. The van der Waals surface area contributed by atoms with Crippen molar-refractivity contribution in [2.45, 2.75) is 33.2 Å². The maximum absolute atomic E-state index is 4.97. The summed E-state index contributed by atoms with van der Waals surface area (Å²) in [6, 6.07) is 0.607. The molecule has 1 saturated heterocycles. The predicted molar refractivity (Wildman–Crippen MR) is 65.8 cm³/mol. The molecule has 0 saturated carbocycles. The van der Waals surface area contributed by atoms with Gasteiger partial charge in [-0.15, -0.1) is 0 Å². The number of hydrogen-bond donors (Lipinski definition) is 1. The molecule has 1 atom stereocenters. The average Bonchev–Trinajstić information content (AvgIpc) is 2.73. The lowest BCUT2D eigenvalue weighted by atomic mass is 10.0. The number of nitrogens with zero attached hydrogens (tertiary/aromatic N) is 3. The molecule has 2 heterocycles. The molecule has 17 heavy (non-hydrogen) atoms. The second-order valence-electron chi connectivity index (χ2n) is 5.08. The number of rotatable bonds is 4. The van der Waals surface area contributed by atoms with Crippen molar-refractivity contribution in [3.05, 3.63) is 11.7 Å². The van der Waals surface area contributed by atoms with Crippen LogP contribution in [0, 0.1) is 12.8 Å². The van der Waals surface area contributed by atoms with Crippen LogP contribution >= 0.6 is 0 Å². The molecule has 1 aromatic heterocycles. The zero-order valence-corrected chi connectivity index (χ0v) is 10.9. The molecular weight excluding hydrogens is 216 g/mol. The third kappa shape index (κ3) is 3.51. The van der Waals surface area contributed by atoms with Gasteiger partial charge in [-0.2, -0.15) is 4.98 Å². The first-order valence-electron chi connectivity index (χ1n) is 6.40. The molecule has 0 radical (unpaired) electrons. The Labute approximate surface area is 103 Å². The van der Waals surface area contributed by atoms with Gasteiger partial charge in [-0.3, -0.25) is 0 Å². The lowest BCUT2D eigenvalue weighted by Crippen LogP contribution is -2.53. The zero-order valence-electron chi connectivity index (χ0n) is 10.9. The molecule has 1 aromatic rings. The van der Waals surface area contributed by atoms with E-state index in [4.69, 9.17) is 4.52 Å². The van der Waals surface area contributed by atoms with E-state index >= 15 is 0 Å². The van der Waals surface area contributed by atoms with Crippen molar-refractivity contribution in [3.63, 3.8) is 0 Å². The van der Waals surface area contributed by atoms with Crippen molar-refractivity contribution in [3.8, 4) is 0 Å². The van der Waals surface area contributed by atoms with E-state index < -0.39 is 0 Å². The second kappa shape index (κ2) is 5.60. The Morgan fingerprint density at radius 3 is 3.00 bits per heavy atom. The largest absolute Gasteiger partial charge is 0.340 e. The molecule has 0 bridgehead atoms. The number of aromatic nitrogens is 2. The van der Waals surface area contributed by atoms with Gasteiger partial charge in [-0.1, -0.05) is 19.0 Å². The minimum absolute atomic E-state index is 0.607. The van der Waals surface area contributed by atoms with Crippen LogP contribution in [0.3, 0.4) is 0 Å². The molecule has 1 fully saturated rings. The average molecular weight is 238 g/mol. The molecule has 5 nitrogen and oxygen atoms in total. The van der Waals surface area contributed by atoms with E-state index in [0.717, 1.165) is 38.4 Å². The summed E-state index contributed by atoms with van der Waals surface area (Å²) < 4.78 is 4.97. The van der Waals surface area contributed by atoms with E-state index in [1.165, 1.54) is 0 Å². The van der Waals surface area contributed by atoms with Crippen molar-refractivity contribution in [2.75, 3.05) is 26.2 Å². The van der Waals surface area contributed by atoms with Gasteiger partial charge in [-0.25, -0.2) is 0 Å². The molecule has 1 aliphatic heterocycles. The number of piperazine rings is 1. The molecule has 0 spiro atoms. The van der Waals surface area contributed by atoms with Crippen LogP contribution in [0.25, 0.3) is 0 Å². The minimum Gasteiger partial charge on any atom is -0.340 e. The molecule has 2 rings (SSSR count). The van der Waals surface area contributed by atoms with Crippen molar-refractivity contribution < 1.29 is 4.52 Å². The third-order valence-corrected chi connectivity index (χ3v) is 3.32. The lowest BCUT2D eigenvalue weighted by molar-refractivity contribution is 0.176. The van der Waals surface area contributed by atoms with Gasteiger partial charge in [0, 0.05) is 45.6 Å². The molecule has 0 aromatic carbocycles. The van der Waals surface area contributed by atoms with E-state index in [-0.39, 0.29) is 0 Å². The molecular formula is C12H22N4O. The van der Waals surface area contributed by atoms with Gasteiger partial charge >= 0.3 is 0 Å². The summed E-state index contributed by atoms with van der Waals surface area (Å²) in [5.41, 5.74) is 0. The number of nitrogens with one attached hydrogen (secondary N) is 1. The maximum Gasteiger partial charge on any atom is 0.223 e. The van der Waals surface area contributed by atoms with Gasteiger partial charge in [-0.05, 0) is 5.92 Å². The Kier molecular flexibility index (Phi) is 4.12. The van der Waals surface area contributed by atoms with Crippen LogP contribution < -0.4 is 5.32 Å². The molecule has 0 amide bonds. The highest BCUT2D eigenvalue weighted by molar-refractivity contribution is 4.87. The highest BCUT2D eigenvalue weighted by atomic mass is 16.5. The summed E-state index contributed by atoms with van der Waals surface area (Å²) in [5.74, 6) is 2.16. The number of hydrogen-bond acceptors (Lipinski definition) is 5. The van der Waals surface area contributed by atoms with Gasteiger partial charge in [0.15, 0.2) is 5.82 Å². The molecule has 1 N–H and O–H groups in total. The summed E-state index contributed by atoms with van der Waals surface area (Å²) >= 11 is 0. The smallest absolute Gasteiger partial charge is 0.223 e. The van der Waals surface area contributed by atoms with Gasteiger partial charge in [0.1, 0.15) is 0 Å². The van der Waals surface area contributed by atoms with Crippen LogP contribution in [0.4, 0.5) is 0 Å². The fourth-order valence-corrected chi connectivity index (χ4v) is 2.19. The van der Waals surface area contributed by atoms with Gasteiger partial charge in [0.25, 0.3) is 0 Å². The fourth-order valence-electron chi connectivity index (χ4n) is 2.19. The van der Waals surface area contributed by atoms with Crippen LogP contribution in [0.5, 0.6) is 0 Å². The summed E-state index contributed by atoms with van der Waals surface area (Å²) in [6.45, 7) is 10.7. The van der Waals surface area contributed by atoms with E-state index in [0.29, 0.717) is 17.9 Å². The molecule has 1 unspecified atom stereocenters. The third-order valence-electron chi connectivity index (χ3n) is 3.32. The van der Waals surface area contributed by atoms with Crippen molar-refractivity contribution in [1.82, 2.24) is 20.4 Å². The second-order valence-corrected chi connectivity index (χ2v) is 5.08. The molecule has 5 heteroatoms. The van der Waals surface area contributed by atoms with E-state index in [1.54, 1.807) is 0 Å². The minimum atomic E-state index is 0.607. The Morgan fingerprint density at radius 1 is 1.53 bits per heavy atom. The Bertz CT molecular complexity index is 350. The van der Waals surface area contributed by atoms with Gasteiger partial charge in [0.05, 0.1) is 0 Å². The van der Waals surface area contributed by atoms with Crippen LogP contribution in [0.1, 0.15) is 25.6 Å². The van der Waals surface area contributed by atoms with E-state index in [9.17, 15) is 0 Å². The maximum atomic E-state index is 4.97. The fraction of sp³-hybridized carbons (Fsp3) is 0.833. The monoisotopic (exact) mass is 238 g/mol. The normalized spacial score (nSPS) is 22.2. The highest BCUT2D eigenvalue weighted by Crippen LogP contribution is 2.08. The van der Waals surface area contributed by atoms with Crippen LogP contribution in [-0.4, -0.2) is 47.3 Å². The summed E-state index contributed by atoms with van der Waals surface area (Å²) in [4.78, 5) is 6.71. The highest BCUT2D eigenvalue weighted by Gasteiger charge is 2.21. The van der Waals surface area contributed by atoms with Gasteiger partial charge in [0.2, 0.25) is 5.89 Å². The van der Waals surface area contributed by atoms with Crippen LogP contribution in [0.15, 0.2) is 4.52 Å². The van der Waals surface area contributed by atoms with Crippen LogP contribution in [0.2, 0.25) is 0 Å². The molecule has 1 aliphatic rings. The Balaban J connectivity index is 1.79. The summed E-state index contributed by atoms with van der Waals surface area (Å²) in [7, 11) is 0. The quantitative estimate of drug-likeness (QED) is 0.843. The standard InChI is InChI=1S/C12H22N4O/c1-9(2)11-8-16(7-5-13-11)6-4-12-14-10(3)17-15-12/h9,11,13H,4-8H2,1-3H3. The number of aryl methyl sites for hydroxylation is 1. The first-order chi connectivity index (χ1) is 8.15. The topological polar surface area (TPSA) is 54.2 Å². The lowest BCUT2D eigenvalue weighted by Gasteiger charge is -2.35. The first-order valence-corrected chi connectivity index (χ1v) is 6.40. The zero-order chi connectivity index (χ0) is 12.3. The van der Waals surface area contributed by atoms with Crippen LogP contribution in [-0.2, 0) is 6.42 Å². The van der Waals surface area contributed by atoms with Crippen molar-refractivity contribution >= 4 is 0 Å². The van der Waals surface area contributed by atoms with Crippen molar-refractivity contribution in [1.29, 1.82) is 0 Å². The predicted octanol–water partition coefficient (Wildman–Crippen LogP) is 0.850. The van der Waals surface area contributed by atoms with Crippen molar-refractivity contribution in [2.24, 2.45) is 5.92 Å². The van der Waals surface area contributed by atoms with E-state index in [1.807, 2.05) is 6.92 Å². The summed E-state index contributed by atoms with van der Waals surface area (Å²) in [6.07, 6.45) is 0.877. The Morgan fingerprint density at radius 2 is 2.35 bits per heavy atom. The first kappa shape index (κ1) is 12.5. The molecule has 0 aliphatic carbocycles. The van der Waals surface area contributed by atoms with E-state index in [2.05, 4.69) is 34.2 Å². The van der Waals surface area contributed by atoms with Gasteiger partial charge < -0.3 is 14.7 Å². The summed E-state index contributed by atoms with van der Waals surface area (Å²) in [5, 5.41) is 7.49. The Hall–Kier alpha value is -0.940. The SMILES string of the molecule is Cc1nc(CCN2CCNC(C(C)C)C2)no1.